The first kappa shape index (κ1) is 19.6. The molecule has 29 heavy (non-hydrogen) atoms. The van der Waals surface area contributed by atoms with Gasteiger partial charge in [-0.05, 0) is 57.2 Å². The number of pyridine rings is 1. The Hall–Kier alpha value is -2.74. The maximum absolute atomic E-state index is 13.0. The summed E-state index contributed by atoms with van der Waals surface area (Å²) in [5.74, 6) is 0.0546. The van der Waals surface area contributed by atoms with Crippen molar-refractivity contribution in [2.24, 2.45) is 0 Å². The van der Waals surface area contributed by atoms with Crippen molar-refractivity contribution in [2.75, 3.05) is 7.05 Å². The Labute approximate surface area is 170 Å². The summed E-state index contributed by atoms with van der Waals surface area (Å²) in [4.78, 5) is 17.3. The zero-order valence-corrected chi connectivity index (χ0v) is 17.5. The standard InChI is InChI=1S/C21H29N7O/c1-12(2)17-18(14-9-13(3)20-23-11-24-28(20)10-14)26-27-19(17)21(29)25-16-7-5-15(22-4)6-8-16/h9-12,15-16,22H,5-8H2,1-4H3,(H,25,29)(H,26,27). The lowest BCUT2D eigenvalue weighted by molar-refractivity contribution is 0.0918. The van der Waals surface area contributed by atoms with Crippen LogP contribution in [0.1, 0.15) is 67.1 Å². The van der Waals surface area contributed by atoms with Crippen LogP contribution in [0.2, 0.25) is 0 Å². The fourth-order valence-electron chi connectivity index (χ4n) is 4.32. The van der Waals surface area contributed by atoms with Crippen LogP contribution in [0.5, 0.6) is 0 Å². The molecule has 3 heterocycles. The van der Waals surface area contributed by atoms with Crippen LogP contribution in [0.15, 0.2) is 18.6 Å². The summed E-state index contributed by atoms with van der Waals surface area (Å²) >= 11 is 0. The van der Waals surface area contributed by atoms with Gasteiger partial charge in [-0.2, -0.15) is 10.2 Å². The molecular weight excluding hydrogens is 366 g/mol. The summed E-state index contributed by atoms with van der Waals surface area (Å²) in [7, 11) is 2.00. The minimum absolute atomic E-state index is 0.0948. The normalized spacial score (nSPS) is 19.8. The van der Waals surface area contributed by atoms with Crippen LogP contribution >= 0.6 is 0 Å². The average molecular weight is 396 g/mol. The number of aromatic nitrogens is 5. The number of aromatic amines is 1. The minimum Gasteiger partial charge on any atom is -0.348 e. The zero-order chi connectivity index (χ0) is 20.5. The zero-order valence-electron chi connectivity index (χ0n) is 17.5. The molecule has 4 rings (SSSR count). The third-order valence-electron chi connectivity index (χ3n) is 5.91. The first-order valence-corrected chi connectivity index (χ1v) is 10.3. The van der Waals surface area contributed by atoms with Gasteiger partial charge < -0.3 is 10.6 Å². The molecule has 1 fully saturated rings. The predicted molar refractivity (Wildman–Crippen MR) is 112 cm³/mol. The predicted octanol–water partition coefficient (Wildman–Crippen LogP) is 2.81. The van der Waals surface area contributed by atoms with Gasteiger partial charge in [0, 0.05) is 29.4 Å². The van der Waals surface area contributed by atoms with E-state index in [1.54, 1.807) is 10.8 Å². The van der Waals surface area contributed by atoms with Crippen LogP contribution in [0.25, 0.3) is 16.9 Å². The van der Waals surface area contributed by atoms with Gasteiger partial charge in [0.05, 0.1) is 5.69 Å². The molecular formula is C21H29N7O. The molecule has 0 aromatic carbocycles. The van der Waals surface area contributed by atoms with Gasteiger partial charge in [0.25, 0.3) is 5.91 Å². The first-order chi connectivity index (χ1) is 14.0. The van der Waals surface area contributed by atoms with E-state index in [0.29, 0.717) is 11.7 Å². The van der Waals surface area contributed by atoms with E-state index in [-0.39, 0.29) is 17.9 Å². The van der Waals surface area contributed by atoms with Crippen LogP contribution < -0.4 is 10.6 Å². The van der Waals surface area contributed by atoms with Crippen LogP contribution in [0.4, 0.5) is 0 Å². The number of hydrogen-bond donors (Lipinski definition) is 3. The van der Waals surface area contributed by atoms with Crippen molar-refractivity contribution in [3.8, 4) is 11.3 Å². The highest BCUT2D eigenvalue weighted by atomic mass is 16.2. The molecule has 0 unspecified atom stereocenters. The van der Waals surface area contributed by atoms with Crippen molar-refractivity contribution in [3.63, 3.8) is 0 Å². The molecule has 1 aliphatic carbocycles. The number of carbonyl (C=O) groups is 1. The highest BCUT2D eigenvalue weighted by molar-refractivity contribution is 5.96. The van der Waals surface area contributed by atoms with Crippen molar-refractivity contribution in [1.82, 2.24) is 35.4 Å². The second kappa shape index (κ2) is 7.94. The van der Waals surface area contributed by atoms with Gasteiger partial charge in [-0.1, -0.05) is 13.8 Å². The largest absolute Gasteiger partial charge is 0.348 e. The third-order valence-corrected chi connectivity index (χ3v) is 5.91. The topological polar surface area (TPSA) is 100 Å². The molecule has 1 saturated carbocycles. The number of hydrogen-bond acceptors (Lipinski definition) is 5. The molecule has 0 atom stereocenters. The summed E-state index contributed by atoms with van der Waals surface area (Å²) < 4.78 is 1.76. The number of aryl methyl sites for hydroxylation is 1. The molecule has 8 heteroatoms. The number of amides is 1. The van der Waals surface area contributed by atoms with Gasteiger partial charge in [0.1, 0.15) is 6.33 Å². The molecule has 154 valence electrons. The average Bonchev–Trinajstić information content (AvgIpc) is 3.35. The van der Waals surface area contributed by atoms with Crippen molar-refractivity contribution in [2.45, 2.75) is 64.5 Å². The number of nitrogens with zero attached hydrogens (tertiary/aromatic N) is 4. The van der Waals surface area contributed by atoms with E-state index in [0.717, 1.165) is 53.7 Å². The second-order valence-electron chi connectivity index (χ2n) is 8.27. The molecule has 0 radical (unpaired) electrons. The monoisotopic (exact) mass is 395 g/mol. The molecule has 3 aromatic heterocycles. The van der Waals surface area contributed by atoms with Gasteiger partial charge >= 0.3 is 0 Å². The van der Waals surface area contributed by atoms with E-state index >= 15 is 0 Å². The Bertz CT molecular complexity index is 1010. The molecule has 3 aromatic rings. The van der Waals surface area contributed by atoms with Gasteiger partial charge in [-0.15, -0.1) is 0 Å². The van der Waals surface area contributed by atoms with E-state index < -0.39 is 0 Å². The highest BCUT2D eigenvalue weighted by Gasteiger charge is 2.27. The fourth-order valence-corrected chi connectivity index (χ4v) is 4.32. The molecule has 0 bridgehead atoms. The van der Waals surface area contributed by atoms with Gasteiger partial charge in [0.2, 0.25) is 0 Å². The first-order valence-electron chi connectivity index (χ1n) is 10.3. The van der Waals surface area contributed by atoms with Crippen molar-refractivity contribution >= 4 is 11.6 Å². The summed E-state index contributed by atoms with van der Waals surface area (Å²) in [6, 6.07) is 2.83. The smallest absolute Gasteiger partial charge is 0.272 e. The molecule has 0 aliphatic heterocycles. The quantitative estimate of drug-likeness (QED) is 0.617. The molecule has 1 aliphatic rings. The number of fused-ring (bicyclic) bond motifs is 1. The maximum Gasteiger partial charge on any atom is 0.272 e. The van der Waals surface area contributed by atoms with E-state index in [1.165, 1.54) is 0 Å². The van der Waals surface area contributed by atoms with Crippen LogP contribution in [-0.2, 0) is 0 Å². The van der Waals surface area contributed by atoms with Gasteiger partial charge in [-0.3, -0.25) is 9.89 Å². The Kier molecular flexibility index (Phi) is 5.36. The van der Waals surface area contributed by atoms with Gasteiger partial charge in [-0.25, -0.2) is 9.50 Å². The summed E-state index contributed by atoms with van der Waals surface area (Å²) in [5, 5.41) is 18.3. The van der Waals surface area contributed by atoms with Gasteiger partial charge in [0.15, 0.2) is 11.3 Å². The fraction of sp³-hybridized carbons (Fsp3) is 0.524. The van der Waals surface area contributed by atoms with Crippen molar-refractivity contribution in [3.05, 3.63) is 35.4 Å². The number of nitrogens with one attached hydrogen (secondary N) is 3. The molecule has 0 saturated heterocycles. The highest BCUT2D eigenvalue weighted by Crippen LogP contribution is 2.31. The van der Waals surface area contributed by atoms with Crippen molar-refractivity contribution in [1.29, 1.82) is 0 Å². The maximum atomic E-state index is 13.0. The van der Waals surface area contributed by atoms with E-state index in [2.05, 4.69) is 50.8 Å². The van der Waals surface area contributed by atoms with Crippen LogP contribution in [-0.4, -0.2) is 49.8 Å². The van der Waals surface area contributed by atoms with Crippen molar-refractivity contribution < 1.29 is 4.79 Å². The molecule has 1 amide bonds. The van der Waals surface area contributed by atoms with Crippen LogP contribution in [0, 0.1) is 6.92 Å². The third kappa shape index (κ3) is 3.76. The van der Waals surface area contributed by atoms with Crippen LogP contribution in [0.3, 0.4) is 0 Å². The lowest BCUT2D eigenvalue weighted by atomic mass is 9.91. The second-order valence-corrected chi connectivity index (χ2v) is 8.27. The summed E-state index contributed by atoms with van der Waals surface area (Å²) in [5.41, 5.74) is 5.09. The SMILES string of the molecule is CNC1CCC(NC(=O)c2n[nH]c(-c3cc(C)c4ncnn4c3)c2C(C)C)CC1. The Morgan fingerprint density at radius 2 is 1.97 bits per heavy atom. The Balaban J connectivity index is 1.62. The Morgan fingerprint density at radius 3 is 2.66 bits per heavy atom. The number of carbonyl (C=O) groups excluding carboxylic acids is 1. The molecule has 0 spiro atoms. The summed E-state index contributed by atoms with van der Waals surface area (Å²) in [6.07, 6.45) is 7.63. The minimum atomic E-state index is -0.0948. The van der Waals surface area contributed by atoms with E-state index in [4.69, 9.17) is 0 Å². The van der Waals surface area contributed by atoms with E-state index in [1.807, 2.05) is 20.2 Å². The lowest BCUT2D eigenvalue weighted by Crippen LogP contribution is -2.41. The summed E-state index contributed by atoms with van der Waals surface area (Å²) in [6.45, 7) is 6.18. The Morgan fingerprint density at radius 1 is 1.24 bits per heavy atom. The molecule has 3 N–H and O–H groups in total. The lowest BCUT2D eigenvalue weighted by Gasteiger charge is -2.28. The number of H-pyrrole nitrogens is 1. The molecule has 8 nitrogen and oxygen atoms in total. The number of rotatable bonds is 5. The van der Waals surface area contributed by atoms with E-state index in [9.17, 15) is 4.79 Å².